The molecule has 4 nitrogen and oxygen atoms in total. The second-order valence-electron chi connectivity index (χ2n) is 4.43. The molecule has 0 saturated carbocycles. The smallest absolute Gasteiger partial charge is 0.206 e. The first-order valence-electron chi connectivity index (χ1n) is 6.83. The molecule has 112 valence electrons. The lowest BCUT2D eigenvalue weighted by molar-refractivity contribution is 0.575. The first-order valence-corrected chi connectivity index (χ1v) is 8.09. The van der Waals surface area contributed by atoms with Crippen molar-refractivity contribution in [3.05, 3.63) is 63.4 Å². The van der Waals surface area contributed by atoms with E-state index >= 15 is 0 Å². The SMILES string of the molecule is CCN=c1scc(-c2ccco2)n1N=Cc1ccccc1Cl. The summed E-state index contributed by atoms with van der Waals surface area (Å²) < 4.78 is 7.25. The van der Waals surface area contributed by atoms with Gasteiger partial charge in [0.05, 0.1) is 12.5 Å². The molecule has 2 aromatic heterocycles. The molecule has 2 heterocycles. The van der Waals surface area contributed by atoms with Gasteiger partial charge in [-0.15, -0.1) is 11.3 Å². The van der Waals surface area contributed by atoms with E-state index in [9.17, 15) is 0 Å². The predicted octanol–water partition coefficient (Wildman–Crippen LogP) is 4.27. The third-order valence-electron chi connectivity index (χ3n) is 2.97. The summed E-state index contributed by atoms with van der Waals surface area (Å²) >= 11 is 7.69. The van der Waals surface area contributed by atoms with Gasteiger partial charge in [0.1, 0.15) is 5.69 Å². The van der Waals surface area contributed by atoms with Gasteiger partial charge in [-0.05, 0) is 25.1 Å². The van der Waals surface area contributed by atoms with E-state index in [1.54, 1.807) is 17.2 Å². The summed E-state index contributed by atoms with van der Waals surface area (Å²) in [5, 5.41) is 7.18. The number of halogens is 1. The molecular formula is C16H14ClN3OS. The Balaban J connectivity index is 2.07. The molecule has 0 N–H and O–H groups in total. The Labute approximate surface area is 137 Å². The molecule has 6 heteroatoms. The van der Waals surface area contributed by atoms with Gasteiger partial charge in [-0.3, -0.25) is 4.99 Å². The largest absolute Gasteiger partial charge is 0.463 e. The lowest BCUT2D eigenvalue weighted by Crippen LogP contribution is -2.12. The summed E-state index contributed by atoms with van der Waals surface area (Å²) in [7, 11) is 0. The number of rotatable bonds is 4. The topological polar surface area (TPSA) is 42.8 Å². The van der Waals surface area contributed by atoms with E-state index in [4.69, 9.17) is 16.0 Å². The zero-order valence-electron chi connectivity index (χ0n) is 11.9. The molecule has 3 aromatic rings. The van der Waals surface area contributed by atoms with Crippen molar-refractivity contribution in [3.63, 3.8) is 0 Å². The fourth-order valence-corrected chi connectivity index (χ4v) is 3.02. The first-order chi connectivity index (χ1) is 10.8. The number of hydrogen-bond acceptors (Lipinski definition) is 4. The molecule has 0 spiro atoms. The van der Waals surface area contributed by atoms with Crippen molar-refractivity contribution in [1.29, 1.82) is 0 Å². The normalized spacial score (nSPS) is 12.4. The van der Waals surface area contributed by atoms with Crippen molar-refractivity contribution >= 4 is 29.2 Å². The van der Waals surface area contributed by atoms with E-state index in [-0.39, 0.29) is 0 Å². The summed E-state index contributed by atoms with van der Waals surface area (Å²) in [4.78, 5) is 5.28. The van der Waals surface area contributed by atoms with Gasteiger partial charge in [0, 0.05) is 22.5 Å². The zero-order valence-corrected chi connectivity index (χ0v) is 13.5. The van der Waals surface area contributed by atoms with E-state index in [1.807, 2.05) is 48.7 Å². The lowest BCUT2D eigenvalue weighted by Gasteiger charge is -2.01. The van der Waals surface area contributed by atoms with Crippen LogP contribution < -0.4 is 4.80 Å². The number of nitrogens with zero attached hydrogens (tertiary/aromatic N) is 3. The minimum absolute atomic E-state index is 0.663. The predicted molar refractivity (Wildman–Crippen MR) is 90.6 cm³/mol. The lowest BCUT2D eigenvalue weighted by atomic mass is 10.2. The van der Waals surface area contributed by atoms with Crippen LogP contribution in [0, 0.1) is 0 Å². The van der Waals surface area contributed by atoms with E-state index in [0.717, 1.165) is 21.8 Å². The van der Waals surface area contributed by atoms with Crippen LogP contribution in [0.15, 0.2) is 62.6 Å². The Kier molecular flexibility index (Phi) is 4.56. The van der Waals surface area contributed by atoms with Crippen LogP contribution in [0.1, 0.15) is 12.5 Å². The Morgan fingerprint density at radius 3 is 2.86 bits per heavy atom. The quantitative estimate of drug-likeness (QED) is 0.658. The number of benzene rings is 1. The molecule has 0 aliphatic rings. The average molecular weight is 332 g/mol. The van der Waals surface area contributed by atoms with Gasteiger partial charge in [-0.25, -0.2) is 4.68 Å². The number of thiazole rings is 1. The first kappa shape index (κ1) is 14.8. The van der Waals surface area contributed by atoms with Crippen molar-refractivity contribution in [2.45, 2.75) is 6.92 Å². The highest BCUT2D eigenvalue weighted by atomic mass is 35.5. The molecule has 0 amide bonds. The zero-order chi connectivity index (χ0) is 15.4. The highest BCUT2D eigenvalue weighted by Crippen LogP contribution is 2.20. The second-order valence-corrected chi connectivity index (χ2v) is 5.68. The molecule has 0 saturated heterocycles. The van der Waals surface area contributed by atoms with Gasteiger partial charge in [-0.1, -0.05) is 29.8 Å². The molecule has 0 unspecified atom stereocenters. The molecule has 0 fully saturated rings. The van der Waals surface area contributed by atoms with Crippen LogP contribution in [0.5, 0.6) is 0 Å². The number of hydrogen-bond donors (Lipinski definition) is 0. The Morgan fingerprint density at radius 1 is 1.27 bits per heavy atom. The molecule has 0 bridgehead atoms. The van der Waals surface area contributed by atoms with Gasteiger partial charge in [0.15, 0.2) is 5.76 Å². The second kappa shape index (κ2) is 6.77. The van der Waals surface area contributed by atoms with Crippen LogP contribution >= 0.6 is 22.9 Å². The van der Waals surface area contributed by atoms with Gasteiger partial charge in [0.2, 0.25) is 4.80 Å². The molecule has 0 aliphatic carbocycles. The Bertz CT molecular complexity index is 846. The minimum Gasteiger partial charge on any atom is -0.463 e. The maximum absolute atomic E-state index is 6.16. The van der Waals surface area contributed by atoms with Crippen LogP contribution in [0.2, 0.25) is 5.02 Å². The van der Waals surface area contributed by atoms with Crippen LogP contribution in [-0.2, 0) is 0 Å². The van der Waals surface area contributed by atoms with E-state index in [0.29, 0.717) is 11.6 Å². The molecule has 0 radical (unpaired) electrons. The number of aromatic nitrogens is 1. The Morgan fingerprint density at radius 2 is 2.14 bits per heavy atom. The van der Waals surface area contributed by atoms with Crippen molar-refractivity contribution in [3.8, 4) is 11.5 Å². The van der Waals surface area contributed by atoms with Crippen molar-refractivity contribution in [1.82, 2.24) is 4.68 Å². The fraction of sp³-hybridized carbons (Fsp3) is 0.125. The average Bonchev–Trinajstić information content (AvgIpc) is 3.16. The molecule has 0 atom stereocenters. The van der Waals surface area contributed by atoms with Gasteiger partial charge in [-0.2, -0.15) is 5.10 Å². The number of furan rings is 1. The Hall–Kier alpha value is -2.11. The summed E-state index contributed by atoms with van der Waals surface area (Å²) in [6.07, 6.45) is 3.38. The highest BCUT2D eigenvalue weighted by molar-refractivity contribution is 7.07. The molecular weight excluding hydrogens is 318 g/mol. The van der Waals surface area contributed by atoms with Crippen molar-refractivity contribution in [2.24, 2.45) is 10.1 Å². The van der Waals surface area contributed by atoms with E-state index < -0.39 is 0 Å². The maximum Gasteiger partial charge on any atom is 0.206 e. The third kappa shape index (κ3) is 3.05. The van der Waals surface area contributed by atoms with Gasteiger partial charge in [0.25, 0.3) is 0 Å². The monoisotopic (exact) mass is 331 g/mol. The molecule has 22 heavy (non-hydrogen) atoms. The summed E-state index contributed by atoms with van der Waals surface area (Å²) in [6.45, 7) is 2.69. The van der Waals surface area contributed by atoms with Crippen molar-refractivity contribution in [2.75, 3.05) is 6.54 Å². The standard InChI is InChI=1S/C16H14ClN3OS/c1-2-18-16-20(14(11-22-16)15-8-5-9-21-15)19-10-12-6-3-4-7-13(12)17/h3-11H,2H2,1H3. The fourth-order valence-electron chi connectivity index (χ4n) is 1.95. The molecule has 3 rings (SSSR count). The molecule has 0 aliphatic heterocycles. The van der Waals surface area contributed by atoms with Crippen LogP contribution in [0.3, 0.4) is 0 Å². The highest BCUT2D eigenvalue weighted by Gasteiger charge is 2.09. The van der Waals surface area contributed by atoms with E-state index in [1.165, 1.54) is 11.3 Å². The van der Waals surface area contributed by atoms with E-state index in [2.05, 4.69) is 10.1 Å². The van der Waals surface area contributed by atoms with Gasteiger partial charge < -0.3 is 4.42 Å². The minimum atomic E-state index is 0.663. The van der Waals surface area contributed by atoms with Crippen molar-refractivity contribution < 1.29 is 4.42 Å². The van der Waals surface area contributed by atoms with Crippen LogP contribution in [0.4, 0.5) is 0 Å². The summed E-state index contributed by atoms with van der Waals surface area (Å²) in [5.41, 5.74) is 1.72. The maximum atomic E-state index is 6.16. The summed E-state index contributed by atoms with van der Waals surface area (Å²) in [6, 6.07) is 11.3. The molecule has 1 aromatic carbocycles. The summed E-state index contributed by atoms with van der Waals surface area (Å²) in [5.74, 6) is 0.755. The van der Waals surface area contributed by atoms with Crippen LogP contribution in [-0.4, -0.2) is 17.4 Å². The van der Waals surface area contributed by atoms with Crippen LogP contribution in [0.25, 0.3) is 11.5 Å². The van der Waals surface area contributed by atoms with Gasteiger partial charge >= 0.3 is 0 Å². The third-order valence-corrected chi connectivity index (χ3v) is 4.17.